The Morgan fingerprint density at radius 3 is 2.53 bits per heavy atom. The van der Waals surface area contributed by atoms with Gasteiger partial charge in [-0.2, -0.15) is 0 Å². The lowest BCUT2D eigenvalue weighted by Gasteiger charge is -2.35. The lowest BCUT2D eigenvalue weighted by Crippen LogP contribution is -2.49. The lowest BCUT2D eigenvalue weighted by atomic mass is 10.1. The van der Waals surface area contributed by atoms with Gasteiger partial charge >= 0.3 is 0 Å². The number of unbranched alkanes of at least 4 members (excludes halogenated alkanes) is 1. The average Bonchev–Trinajstić information content (AvgIpc) is 2.85. The Morgan fingerprint density at radius 1 is 1.00 bits per heavy atom. The second-order valence-corrected chi connectivity index (χ2v) is 7.61. The van der Waals surface area contributed by atoms with E-state index in [1.807, 2.05) is 53.4 Å². The molecule has 0 bridgehead atoms. The number of carbonyl (C=O) groups excluding carboxylic acids is 1. The standard InChI is InChI=1S/C24H28N6O2/c1-2-3-16-32-20-9-7-19(8-10-20)24(31)30-14-12-29(13-15-30)23-17-22(26-18-27-23)28-21-6-4-5-11-25-21/h4-11,17-18H,2-3,12-16H2,1H3,(H,25,26,27,28). The zero-order valence-corrected chi connectivity index (χ0v) is 18.3. The van der Waals surface area contributed by atoms with Crippen LogP contribution in [0.5, 0.6) is 5.75 Å². The van der Waals surface area contributed by atoms with Gasteiger partial charge in [-0.25, -0.2) is 15.0 Å². The van der Waals surface area contributed by atoms with Gasteiger partial charge in [0, 0.05) is 44.0 Å². The van der Waals surface area contributed by atoms with Gasteiger partial charge in [0.2, 0.25) is 0 Å². The second-order valence-electron chi connectivity index (χ2n) is 7.61. The predicted octanol–water partition coefficient (Wildman–Crippen LogP) is 3.76. The summed E-state index contributed by atoms with van der Waals surface area (Å²) in [7, 11) is 0. The highest BCUT2D eigenvalue weighted by Crippen LogP contribution is 2.20. The Hall–Kier alpha value is -3.68. The van der Waals surface area contributed by atoms with Gasteiger partial charge < -0.3 is 19.9 Å². The molecule has 0 aliphatic carbocycles. The average molecular weight is 433 g/mol. The zero-order valence-electron chi connectivity index (χ0n) is 18.3. The minimum absolute atomic E-state index is 0.0463. The van der Waals surface area contributed by atoms with Crippen LogP contribution in [0.1, 0.15) is 30.1 Å². The number of amides is 1. The van der Waals surface area contributed by atoms with Gasteiger partial charge in [-0.3, -0.25) is 4.79 Å². The predicted molar refractivity (Wildman–Crippen MR) is 125 cm³/mol. The molecule has 1 N–H and O–H groups in total. The summed E-state index contributed by atoms with van der Waals surface area (Å²) < 4.78 is 5.68. The highest BCUT2D eigenvalue weighted by Gasteiger charge is 2.23. The molecule has 8 nitrogen and oxygen atoms in total. The Labute approximate surface area is 188 Å². The number of rotatable bonds is 8. The highest BCUT2D eigenvalue weighted by molar-refractivity contribution is 5.94. The van der Waals surface area contributed by atoms with Crippen LogP contribution in [0.2, 0.25) is 0 Å². The summed E-state index contributed by atoms with van der Waals surface area (Å²) in [6, 6.07) is 15.0. The van der Waals surface area contributed by atoms with Gasteiger partial charge in [-0.15, -0.1) is 0 Å². The summed E-state index contributed by atoms with van der Waals surface area (Å²) in [6.45, 7) is 5.54. The molecule has 1 aliphatic rings. The number of hydrogen-bond donors (Lipinski definition) is 1. The molecular weight excluding hydrogens is 404 g/mol. The number of nitrogens with zero attached hydrogens (tertiary/aromatic N) is 5. The minimum atomic E-state index is 0.0463. The second kappa shape index (κ2) is 10.6. The van der Waals surface area contributed by atoms with Crippen molar-refractivity contribution in [1.29, 1.82) is 0 Å². The van der Waals surface area contributed by atoms with Gasteiger partial charge in [-0.05, 0) is 42.8 Å². The fraction of sp³-hybridized carbons (Fsp3) is 0.333. The summed E-state index contributed by atoms with van der Waals surface area (Å²) in [4.78, 5) is 29.9. The fourth-order valence-corrected chi connectivity index (χ4v) is 3.51. The largest absolute Gasteiger partial charge is 0.494 e. The first kappa shape index (κ1) is 21.5. The van der Waals surface area contributed by atoms with E-state index in [1.54, 1.807) is 12.5 Å². The molecule has 166 valence electrons. The first-order valence-electron chi connectivity index (χ1n) is 11.0. The molecule has 1 fully saturated rings. The third kappa shape index (κ3) is 5.51. The Balaban J connectivity index is 1.32. The van der Waals surface area contributed by atoms with Crippen LogP contribution >= 0.6 is 0 Å². The molecule has 4 rings (SSSR count). The number of ether oxygens (including phenoxy) is 1. The molecule has 2 aromatic heterocycles. The van der Waals surface area contributed by atoms with E-state index in [2.05, 4.69) is 32.1 Å². The third-order valence-electron chi connectivity index (χ3n) is 5.33. The van der Waals surface area contributed by atoms with Crippen LogP contribution in [0, 0.1) is 0 Å². The molecule has 32 heavy (non-hydrogen) atoms. The monoisotopic (exact) mass is 432 g/mol. The van der Waals surface area contributed by atoms with Crippen molar-refractivity contribution in [1.82, 2.24) is 19.9 Å². The van der Waals surface area contributed by atoms with Crippen molar-refractivity contribution >= 4 is 23.4 Å². The van der Waals surface area contributed by atoms with E-state index in [9.17, 15) is 4.79 Å². The quantitative estimate of drug-likeness (QED) is 0.543. The van der Waals surface area contributed by atoms with E-state index in [1.165, 1.54) is 0 Å². The number of pyridine rings is 1. The summed E-state index contributed by atoms with van der Waals surface area (Å²) in [6.07, 6.45) is 5.40. The molecule has 0 saturated carbocycles. The molecule has 1 amide bonds. The van der Waals surface area contributed by atoms with E-state index in [4.69, 9.17) is 4.74 Å². The van der Waals surface area contributed by atoms with E-state index >= 15 is 0 Å². The summed E-state index contributed by atoms with van der Waals surface area (Å²) in [5.74, 6) is 3.10. The number of carbonyl (C=O) groups is 1. The number of aromatic nitrogens is 3. The number of piperazine rings is 1. The maximum Gasteiger partial charge on any atom is 0.253 e. The molecule has 3 heterocycles. The Bertz CT molecular complexity index is 1000. The maximum atomic E-state index is 12.9. The molecular formula is C24H28N6O2. The molecule has 1 saturated heterocycles. The van der Waals surface area contributed by atoms with E-state index in [0.29, 0.717) is 44.2 Å². The van der Waals surface area contributed by atoms with Crippen LogP contribution in [-0.2, 0) is 0 Å². The van der Waals surface area contributed by atoms with Crippen LogP contribution in [0.3, 0.4) is 0 Å². The van der Waals surface area contributed by atoms with E-state index < -0.39 is 0 Å². The SMILES string of the molecule is CCCCOc1ccc(C(=O)N2CCN(c3cc(Nc4ccccn4)ncn3)CC2)cc1. The van der Waals surface area contributed by atoms with Crippen molar-refractivity contribution in [2.75, 3.05) is 43.0 Å². The fourth-order valence-electron chi connectivity index (χ4n) is 3.51. The number of anilines is 3. The maximum absolute atomic E-state index is 12.9. The van der Waals surface area contributed by atoms with Gasteiger partial charge in [0.25, 0.3) is 5.91 Å². The molecule has 0 atom stereocenters. The number of nitrogens with one attached hydrogen (secondary N) is 1. The molecule has 1 aliphatic heterocycles. The lowest BCUT2D eigenvalue weighted by molar-refractivity contribution is 0.0746. The molecule has 0 radical (unpaired) electrons. The first-order valence-corrected chi connectivity index (χ1v) is 11.0. The summed E-state index contributed by atoms with van der Waals surface area (Å²) in [5, 5.41) is 3.19. The van der Waals surface area contributed by atoms with Crippen molar-refractivity contribution in [2.45, 2.75) is 19.8 Å². The van der Waals surface area contributed by atoms with Gasteiger partial charge in [0.1, 0.15) is 29.5 Å². The molecule has 0 unspecified atom stereocenters. The van der Waals surface area contributed by atoms with Gasteiger partial charge in [0.15, 0.2) is 0 Å². The minimum Gasteiger partial charge on any atom is -0.494 e. The first-order chi connectivity index (χ1) is 15.7. The van der Waals surface area contributed by atoms with Crippen molar-refractivity contribution in [3.8, 4) is 5.75 Å². The number of hydrogen-bond acceptors (Lipinski definition) is 7. The van der Waals surface area contributed by atoms with Crippen LogP contribution in [0.4, 0.5) is 17.5 Å². The Kier molecular flexibility index (Phi) is 7.12. The van der Waals surface area contributed by atoms with Gasteiger partial charge in [0.05, 0.1) is 6.61 Å². The van der Waals surface area contributed by atoms with Crippen LogP contribution in [-0.4, -0.2) is 58.5 Å². The third-order valence-corrected chi connectivity index (χ3v) is 5.33. The van der Waals surface area contributed by atoms with Crippen molar-refractivity contribution in [2.24, 2.45) is 0 Å². The summed E-state index contributed by atoms with van der Waals surface area (Å²) in [5.41, 5.74) is 0.685. The zero-order chi connectivity index (χ0) is 22.2. The summed E-state index contributed by atoms with van der Waals surface area (Å²) >= 11 is 0. The normalized spacial score (nSPS) is 13.7. The Morgan fingerprint density at radius 2 is 1.81 bits per heavy atom. The van der Waals surface area contributed by atoms with Crippen LogP contribution in [0.15, 0.2) is 61.1 Å². The smallest absolute Gasteiger partial charge is 0.253 e. The number of benzene rings is 1. The molecule has 8 heteroatoms. The van der Waals surface area contributed by atoms with E-state index in [0.717, 1.165) is 30.2 Å². The highest BCUT2D eigenvalue weighted by atomic mass is 16.5. The van der Waals surface area contributed by atoms with Crippen molar-refractivity contribution < 1.29 is 9.53 Å². The van der Waals surface area contributed by atoms with Crippen molar-refractivity contribution in [3.63, 3.8) is 0 Å². The molecule has 0 spiro atoms. The van der Waals surface area contributed by atoms with Crippen LogP contribution in [0.25, 0.3) is 0 Å². The van der Waals surface area contributed by atoms with Crippen molar-refractivity contribution in [3.05, 3.63) is 66.6 Å². The van der Waals surface area contributed by atoms with Crippen LogP contribution < -0.4 is 15.0 Å². The molecule has 3 aromatic rings. The molecule has 1 aromatic carbocycles. The van der Waals surface area contributed by atoms with E-state index in [-0.39, 0.29) is 5.91 Å². The van der Waals surface area contributed by atoms with Gasteiger partial charge in [-0.1, -0.05) is 19.4 Å². The topological polar surface area (TPSA) is 83.5 Å².